The van der Waals surface area contributed by atoms with E-state index >= 15 is 0 Å². The summed E-state index contributed by atoms with van der Waals surface area (Å²) >= 11 is 6.32. The van der Waals surface area contributed by atoms with Crippen LogP contribution in [-0.4, -0.2) is 33.6 Å². The molecule has 0 aliphatic heterocycles. The number of aromatic nitrogens is 4. The third kappa shape index (κ3) is 3.01. The summed E-state index contributed by atoms with van der Waals surface area (Å²) in [6.07, 6.45) is 4.52. The Labute approximate surface area is 126 Å². The van der Waals surface area contributed by atoms with Crippen molar-refractivity contribution in [2.75, 3.05) is 0 Å². The van der Waals surface area contributed by atoms with Crippen molar-refractivity contribution in [1.29, 1.82) is 0 Å². The smallest absolute Gasteiger partial charge is 0.236 e. The predicted molar refractivity (Wildman–Crippen MR) is 73.9 cm³/mol. The quantitative estimate of drug-likeness (QED) is 0.626. The monoisotopic (exact) mass is 330 g/mol. The first kappa shape index (κ1) is 15.7. The van der Waals surface area contributed by atoms with Crippen molar-refractivity contribution in [2.45, 2.75) is 29.1 Å². The summed E-state index contributed by atoms with van der Waals surface area (Å²) in [6, 6.07) is 1.51. The third-order valence-corrected chi connectivity index (χ3v) is 5.83. The standard InChI is InChI=1S/C12H12ClFN4O2S/c1-8(21(19,20)11-15-4-3-5-16-11)12(2,13)10-17-6-9(14)7-18-10/h3-8H,1-2H3. The molecule has 2 aromatic heterocycles. The van der Waals surface area contributed by atoms with Gasteiger partial charge in [-0.1, -0.05) is 0 Å². The van der Waals surface area contributed by atoms with E-state index in [1.54, 1.807) is 0 Å². The molecule has 2 unspecified atom stereocenters. The summed E-state index contributed by atoms with van der Waals surface area (Å²) in [5, 5.41) is -1.44. The Bertz CT molecular complexity index is 723. The zero-order chi connectivity index (χ0) is 15.7. The SMILES string of the molecule is CC(C(C)(Cl)c1ncc(F)cn1)S(=O)(=O)c1ncccn1. The van der Waals surface area contributed by atoms with E-state index < -0.39 is 25.8 Å². The highest BCUT2D eigenvalue weighted by atomic mass is 35.5. The Kier molecular flexibility index (Phi) is 4.20. The minimum Gasteiger partial charge on any atom is -0.236 e. The first-order valence-corrected chi connectivity index (χ1v) is 7.86. The number of sulfone groups is 1. The number of rotatable bonds is 4. The van der Waals surface area contributed by atoms with Gasteiger partial charge in [-0.2, -0.15) is 0 Å². The van der Waals surface area contributed by atoms with Crippen molar-refractivity contribution in [1.82, 2.24) is 19.9 Å². The zero-order valence-electron chi connectivity index (χ0n) is 11.2. The van der Waals surface area contributed by atoms with E-state index in [-0.39, 0.29) is 11.0 Å². The Hall–Kier alpha value is -1.67. The van der Waals surface area contributed by atoms with Gasteiger partial charge in [0.2, 0.25) is 15.0 Å². The molecule has 2 heterocycles. The third-order valence-electron chi connectivity index (χ3n) is 3.08. The highest BCUT2D eigenvalue weighted by Crippen LogP contribution is 2.35. The molecule has 0 spiro atoms. The molecule has 112 valence electrons. The van der Waals surface area contributed by atoms with Gasteiger partial charge in [0.05, 0.1) is 17.6 Å². The molecule has 0 saturated carbocycles. The van der Waals surface area contributed by atoms with Gasteiger partial charge in [0.25, 0.3) is 0 Å². The molecule has 0 N–H and O–H groups in total. The highest BCUT2D eigenvalue weighted by Gasteiger charge is 2.43. The minimum absolute atomic E-state index is 0.0116. The van der Waals surface area contributed by atoms with Crippen LogP contribution >= 0.6 is 11.6 Å². The fraction of sp³-hybridized carbons (Fsp3) is 0.333. The molecule has 0 aromatic carbocycles. The van der Waals surface area contributed by atoms with Crippen molar-refractivity contribution in [3.05, 3.63) is 42.5 Å². The van der Waals surface area contributed by atoms with Gasteiger partial charge in [-0.25, -0.2) is 32.7 Å². The van der Waals surface area contributed by atoms with Gasteiger partial charge < -0.3 is 0 Å². The number of nitrogens with zero attached hydrogens (tertiary/aromatic N) is 4. The summed E-state index contributed by atoms with van der Waals surface area (Å²) in [6.45, 7) is 2.86. The lowest BCUT2D eigenvalue weighted by atomic mass is 10.1. The fourth-order valence-corrected chi connectivity index (χ4v) is 3.50. The van der Waals surface area contributed by atoms with Crippen LogP contribution in [0.1, 0.15) is 19.7 Å². The van der Waals surface area contributed by atoms with E-state index in [0.717, 1.165) is 12.4 Å². The number of halogens is 2. The van der Waals surface area contributed by atoms with Crippen LogP contribution in [0.15, 0.2) is 36.0 Å². The van der Waals surface area contributed by atoms with Crippen LogP contribution in [0.2, 0.25) is 0 Å². The minimum atomic E-state index is -3.88. The summed E-state index contributed by atoms with van der Waals surface area (Å²) < 4.78 is 37.8. The van der Waals surface area contributed by atoms with Gasteiger partial charge in [0.15, 0.2) is 5.82 Å². The Morgan fingerprint density at radius 3 is 2.24 bits per heavy atom. The van der Waals surface area contributed by atoms with Crippen LogP contribution in [-0.2, 0) is 14.7 Å². The summed E-state index contributed by atoms with van der Waals surface area (Å²) in [5.41, 5.74) is 0. The molecular weight excluding hydrogens is 319 g/mol. The van der Waals surface area contributed by atoms with Crippen molar-refractivity contribution >= 4 is 21.4 Å². The lowest BCUT2D eigenvalue weighted by molar-refractivity contribution is 0.528. The Morgan fingerprint density at radius 2 is 1.71 bits per heavy atom. The van der Waals surface area contributed by atoms with Crippen LogP contribution < -0.4 is 0 Å². The van der Waals surface area contributed by atoms with Gasteiger partial charge in [-0.15, -0.1) is 11.6 Å². The molecule has 2 rings (SSSR count). The molecule has 2 aromatic rings. The Morgan fingerprint density at radius 1 is 1.19 bits per heavy atom. The van der Waals surface area contributed by atoms with Crippen LogP contribution in [0, 0.1) is 5.82 Å². The van der Waals surface area contributed by atoms with Crippen LogP contribution in [0.4, 0.5) is 4.39 Å². The normalized spacial score (nSPS) is 16.2. The first-order valence-electron chi connectivity index (χ1n) is 5.94. The van der Waals surface area contributed by atoms with Gasteiger partial charge in [-0.3, -0.25) is 0 Å². The molecule has 0 bridgehead atoms. The van der Waals surface area contributed by atoms with Crippen molar-refractivity contribution in [2.24, 2.45) is 0 Å². The molecule has 0 aliphatic rings. The van der Waals surface area contributed by atoms with E-state index in [2.05, 4.69) is 19.9 Å². The molecule has 2 atom stereocenters. The zero-order valence-corrected chi connectivity index (χ0v) is 12.8. The summed E-state index contributed by atoms with van der Waals surface area (Å²) in [5.74, 6) is -0.620. The van der Waals surface area contributed by atoms with E-state index in [9.17, 15) is 12.8 Å². The summed E-state index contributed by atoms with van der Waals surface area (Å²) in [4.78, 5) is 13.5. The molecule has 0 fully saturated rings. The Balaban J connectivity index is 2.42. The first-order chi connectivity index (χ1) is 9.76. The van der Waals surface area contributed by atoms with Gasteiger partial charge in [-0.05, 0) is 19.9 Å². The maximum absolute atomic E-state index is 12.9. The lowest BCUT2D eigenvalue weighted by Crippen LogP contribution is -2.38. The number of hydrogen-bond acceptors (Lipinski definition) is 6. The van der Waals surface area contributed by atoms with E-state index in [1.165, 1.54) is 32.3 Å². The summed E-state index contributed by atoms with van der Waals surface area (Å²) in [7, 11) is -3.88. The molecule has 6 nitrogen and oxygen atoms in total. The molecular formula is C12H12ClFN4O2S. The van der Waals surface area contributed by atoms with E-state index in [1.807, 2.05) is 0 Å². The maximum atomic E-state index is 12.9. The second-order valence-corrected chi connectivity index (χ2v) is 7.47. The largest absolute Gasteiger partial charge is 0.247 e. The van der Waals surface area contributed by atoms with Crippen molar-refractivity contribution in [3.63, 3.8) is 0 Å². The van der Waals surface area contributed by atoms with Crippen LogP contribution in [0.25, 0.3) is 0 Å². The topological polar surface area (TPSA) is 85.7 Å². The molecule has 0 radical (unpaired) electrons. The number of alkyl halides is 1. The number of hydrogen-bond donors (Lipinski definition) is 0. The van der Waals surface area contributed by atoms with Gasteiger partial charge in [0.1, 0.15) is 10.7 Å². The molecule has 9 heteroatoms. The van der Waals surface area contributed by atoms with Crippen LogP contribution in [0.3, 0.4) is 0 Å². The maximum Gasteiger partial charge on any atom is 0.247 e. The highest BCUT2D eigenvalue weighted by molar-refractivity contribution is 7.92. The van der Waals surface area contributed by atoms with E-state index in [4.69, 9.17) is 11.6 Å². The second kappa shape index (κ2) is 5.61. The van der Waals surface area contributed by atoms with Crippen LogP contribution in [0.5, 0.6) is 0 Å². The second-order valence-electron chi connectivity index (χ2n) is 4.52. The molecule has 0 amide bonds. The van der Waals surface area contributed by atoms with Crippen molar-refractivity contribution in [3.8, 4) is 0 Å². The molecule has 0 aliphatic carbocycles. The average Bonchev–Trinajstić information content (AvgIpc) is 2.47. The van der Waals surface area contributed by atoms with Gasteiger partial charge >= 0.3 is 0 Å². The molecule has 21 heavy (non-hydrogen) atoms. The predicted octanol–water partition coefficient (Wildman–Crippen LogP) is 1.72. The van der Waals surface area contributed by atoms with Gasteiger partial charge in [0, 0.05) is 12.4 Å². The van der Waals surface area contributed by atoms with Crippen molar-refractivity contribution < 1.29 is 12.8 Å². The van der Waals surface area contributed by atoms with E-state index in [0.29, 0.717) is 0 Å². The lowest BCUT2D eigenvalue weighted by Gasteiger charge is -2.26. The fourth-order valence-electron chi connectivity index (χ4n) is 1.63. The molecule has 0 saturated heterocycles. The average molecular weight is 331 g/mol.